The van der Waals surface area contributed by atoms with Crippen molar-refractivity contribution >= 4 is 21.6 Å². The van der Waals surface area contributed by atoms with Crippen molar-refractivity contribution in [3.63, 3.8) is 0 Å². The molecule has 1 unspecified atom stereocenters. The molecule has 0 bridgehead atoms. The van der Waals surface area contributed by atoms with Crippen LogP contribution in [0.25, 0.3) is 0 Å². The van der Waals surface area contributed by atoms with Crippen LogP contribution in [0.1, 0.15) is 18.8 Å². The van der Waals surface area contributed by atoms with Crippen LogP contribution in [0.5, 0.6) is 0 Å². The lowest BCUT2D eigenvalue weighted by Crippen LogP contribution is -2.28. The summed E-state index contributed by atoms with van der Waals surface area (Å²) in [6.07, 6.45) is 0. The van der Waals surface area contributed by atoms with E-state index in [9.17, 15) is 12.8 Å². The average molecular weight is 306 g/mol. The molecule has 0 saturated carbocycles. The molecule has 1 atom stereocenters. The molecule has 2 N–H and O–H groups in total. The lowest BCUT2D eigenvalue weighted by atomic mass is 10.3. The molecular weight excluding hydrogens is 297 g/mol. The van der Waals surface area contributed by atoms with E-state index in [1.54, 1.807) is 6.92 Å². The third-order valence-corrected chi connectivity index (χ3v) is 4.29. The van der Waals surface area contributed by atoms with E-state index in [0.717, 1.165) is 18.2 Å². The first-order valence-corrected chi connectivity index (χ1v) is 6.97. The highest BCUT2D eigenvalue weighted by atomic mass is 35.5. The Morgan fingerprint density at radius 2 is 2.21 bits per heavy atom. The van der Waals surface area contributed by atoms with Gasteiger partial charge in [-0.05, 0) is 25.1 Å². The molecule has 1 aromatic heterocycles. The predicted molar refractivity (Wildman–Crippen MR) is 64.3 cm³/mol. The van der Waals surface area contributed by atoms with E-state index in [2.05, 4.69) is 25.3 Å². The third-order valence-electron chi connectivity index (χ3n) is 2.26. The van der Waals surface area contributed by atoms with Crippen molar-refractivity contribution in [2.45, 2.75) is 17.9 Å². The summed E-state index contributed by atoms with van der Waals surface area (Å²) in [7, 11) is -3.90. The minimum absolute atomic E-state index is 0.182. The van der Waals surface area contributed by atoms with Crippen molar-refractivity contribution in [3.05, 3.63) is 34.9 Å². The molecule has 0 radical (unpaired) electrons. The van der Waals surface area contributed by atoms with E-state index in [-0.39, 0.29) is 15.7 Å². The quantitative estimate of drug-likeness (QED) is 0.878. The Morgan fingerprint density at radius 3 is 2.79 bits per heavy atom. The summed E-state index contributed by atoms with van der Waals surface area (Å²) in [5, 5.41) is 12.7. The monoisotopic (exact) mass is 305 g/mol. The normalized spacial score (nSPS) is 13.4. The number of H-pyrrole nitrogens is 1. The van der Waals surface area contributed by atoms with Gasteiger partial charge in [0, 0.05) is 0 Å². The maximum atomic E-state index is 12.9. The number of hydrogen-bond acceptors (Lipinski definition) is 5. The van der Waals surface area contributed by atoms with Gasteiger partial charge in [-0.1, -0.05) is 16.8 Å². The fourth-order valence-electron chi connectivity index (χ4n) is 1.40. The van der Waals surface area contributed by atoms with Gasteiger partial charge in [-0.15, -0.1) is 10.2 Å². The van der Waals surface area contributed by atoms with E-state index in [4.69, 9.17) is 11.6 Å². The first-order valence-electron chi connectivity index (χ1n) is 5.11. The Hall–Kier alpha value is -1.58. The Bertz CT molecular complexity index is 676. The van der Waals surface area contributed by atoms with Crippen LogP contribution in [0, 0.1) is 5.82 Å². The lowest BCUT2D eigenvalue weighted by Gasteiger charge is -2.11. The molecule has 0 saturated heterocycles. The average Bonchev–Trinajstić information content (AvgIpc) is 2.80. The molecule has 0 spiro atoms. The van der Waals surface area contributed by atoms with Crippen molar-refractivity contribution in [2.75, 3.05) is 0 Å². The molecule has 1 aromatic carbocycles. The molecule has 0 aliphatic heterocycles. The number of nitrogens with zero attached hydrogens (tertiary/aromatic N) is 3. The van der Waals surface area contributed by atoms with E-state index in [1.165, 1.54) is 0 Å². The summed E-state index contributed by atoms with van der Waals surface area (Å²) in [5.41, 5.74) is 0. The number of halogens is 2. The van der Waals surface area contributed by atoms with Gasteiger partial charge in [-0.2, -0.15) is 5.21 Å². The van der Waals surface area contributed by atoms with E-state index in [1.807, 2.05) is 0 Å². The maximum absolute atomic E-state index is 12.9. The van der Waals surface area contributed by atoms with Gasteiger partial charge in [0.1, 0.15) is 10.7 Å². The zero-order valence-electron chi connectivity index (χ0n) is 9.63. The number of tetrazole rings is 1. The fourth-order valence-corrected chi connectivity index (χ4v) is 3.13. The second-order valence-corrected chi connectivity index (χ2v) is 5.78. The van der Waals surface area contributed by atoms with E-state index < -0.39 is 21.9 Å². The Balaban J connectivity index is 2.28. The molecule has 10 heteroatoms. The van der Waals surface area contributed by atoms with Crippen LogP contribution in [-0.2, 0) is 10.0 Å². The number of hydrogen-bond donors (Lipinski definition) is 2. The highest BCUT2D eigenvalue weighted by Crippen LogP contribution is 2.23. The predicted octanol–water partition coefficient (Wildman–Crippen LogP) is 1.03. The van der Waals surface area contributed by atoms with Crippen molar-refractivity contribution in [2.24, 2.45) is 0 Å². The molecule has 0 aliphatic carbocycles. The van der Waals surface area contributed by atoms with Crippen LogP contribution in [0.2, 0.25) is 5.02 Å². The van der Waals surface area contributed by atoms with Gasteiger partial charge in [0.2, 0.25) is 10.0 Å². The van der Waals surface area contributed by atoms with Gasteiger partial charge in [0.05, 0.1) is 11.1 Å². The van der Waals surface area contributed by atoms with Crippen LogP contribution >= 0.6 is 11.6 Å². The number of sulfonamides is 1. The molecule has 2 aromatic rings. The number of benzene rings is 1. The van der Waals surface area contributed by atoms with Crippen LogP contribution in [0.3, 0.4) is 0 Å². The van der Waals surface area contributed by atoms with Crippen molar-refractivity contribution in [1.29, 1.82) is 0 Å². The standard InChI is InChI=1S/C9H9ClFN5O2S/c1-5(9-12-15-16-13-9)14-19(17,18)8-3-2-6(11)4-7(8)10/h2-5,14H,1H3,(H,12,13,15,16). The van der Waals surface area contributed by atoms with Crippen LogP contribution in [0.4, 0.5) is 4.39 Å². The van der Waals surface area contributed by atoms with Crippen LogP contribution in [-0.4, -0.2) is 29.0 Å². The largest absolute Gasteiger partial charge is 0.242 e. The van der Waals surface area contributed by atoms with Gasteiger partial charge < -0.3 is 0 Å². The highest BCUT2D eigenvalue weighted by Gasteiger charge is 2.23. The maximum Gasteiger partial charge on any atom is 0.242 e. The molecule has 19 heavy (non-hydrogen) atoms. The van der Waals surface area contributed by atoms with E-state index in [0.29, 0.717) is 0 Å². The van der Waals surface area contributed by atoms with Gasteiger partial charge in [-0.3, -0.25) is 0 Å². The van der Waals surface area contributed by atoms with Crippen molar-refractivity contribution in [3.8, 4) is 0 Å². The summed E-state index contributed by atoms with van der Waals surface area (Å²) >= 11 is 5.71. The van der Waals surface area contributed by atoms with Gasteiger partial charge in [0.15, 0.2) is 5.82 Å². The van der Waals surface area contributed by atoms with Gasteiger partial charge in [-0.25, -0.2) is 17.5 Å². The first-order chi connectivity index (χ1) is 8.90. The second-order valence-electron chi connectivity index (χ2n) is 3.69. The Kier molecular flexibility index (Phi) is 3.78. The van der Waals surface area contributed by atoms with Gasteiger partial charge in [0.25, 0.3) is 0 Å². The minimum Gasteiger partial charge on any atom is -0.207 e. The zero-order valence-corrected chi connectivity index (χ0v) is 11.2. The molecule has 0 fully saturated rings. The van der Waals surface area contributed by atoms with Crippen molar-refractivity contribution in [1.82, 2.24) is 25.3 Å². The summed E-state index contributed by atoms with van der Waals surface area (Å²) in [4.78, 5) is -0.217. The molecular formula is C9H9ClFN5O2S. The topological polar surface area (TPSA) is 101 Å². The van der Waals surface area contributed by atoms with Crippen molar-refractivity contribution < 1.29 is 12.8 Å². The SMILES string of the molecule is CC(NS(=O)(=O)c1ccc(F)cc1Cl)c1nn[nH]n1. The first kappa shape index (κ1) is 13.8. The van der Waals surface area contributed by atoms with Crippen LogP contribution in [0.15, 0.2) is 23.1 Å². The smallest absolute Gasteiger partial charge is 0.207 e. The van der Waals surface area contributed by atoms with Gasteiger partial charge >= 0.3 is 0 Å². The van der Waals surface area contributed by atoms with Crippen LogP contribution < -0.4 is 4.72 Å². The summed E-state index contributed by atoms with van der Waals surface area (Å²) < 4.78 is 39.3. The molecule has 2 rings (SSSR count). The Morgan fingerprint density at radius 1 is 1.47 bits per heavy atom. The Labute approximate surface area is 113 Å². The third kappa shape index (κ3) is 3.06. The fraction of sp³-hybridized carbons (Fsp3) is 0.222. The summed E-state index contributed by atoms with van der Waals surface area (Å²) in [6.45, 7) is 1.54. The summed E-state index contributed by atoms with van der Waals surface area (Å²) in [6, 6.07) is 2.32. The number of rotatable bonds is 4. The second kappa shape index (κ2) is 5.19. The highest BCUT2D eigenvalue weighted by molar-refractivity contribution is 7.89. The molecule has 0 amide bonds. The lowest BCUT2D eigenvalue weighted by molar-refractivity contribution is 0.559. The number of nitrogens with one attached hydrogen (secondary N) is 2. The summed E-state index contributed by atoms with van der Waals surface area (Å²) in [5.74, 6) is -0.433. The van der Waals surface area contributed by atoms with E-state index >= 15 is 0 Å². The minimum atomic E-state index is -3.90. The zero-order chi connectivity index (χ0) is 14.0. The molecule has 7 nitrogen and oxygen atoms in total. The number of aromatic nitrogens is 4. The molecule has 1 heterocycles. The number of aromatic amines is 1. The molecule has 102 valence electrons. The molecule has 0 aliphatic rings.